The van der Waals surface area contributed by atoms with E-state index in [-0.39, 0.29) is 11.3 Å². The normalized spacial score (nSPS) is 28.4. The standard InChI is InChI=1S/C14H21NO/c1-5-16-11-6-7-13-12(8-11)10(2)9-14(3,4)15-13/h6-8,10,15H,5,9H2,1-4H3/i1D3,5D2. The van der Waals surface area contributed by atoms with Crippen LogP contribution in [-0.4, -0.2) is 12.1 Å². The van der Waals surface area contributed by atoms with Crippen molar-refractivity contribution in [1.82, 2.24) is 0 Å². The van der Waals surface area contributed by atoms with Crippen LogP contribution in [0.2, 0.25) is 0 Å². The highest BCUT2D eigenvalue weighted by molar-refractivity contribution is 5.59. The van der Waals surface area contributed by atoms with Crippen molar-refractivity contribution in [3.63, 3.8) is 0 Å². The van der Waals surface area contributed by atoms with Gasteiger partial charge < -0.3 is 10.1 Å². The molecule has 0 amide bonds. The third kappa shape index (κ3) is 2.16. The molecule has 1 heterocycles. The van der Waals surface area contributed by atoms with Crippen LogP contribution in [0, 0.1) is 0 Å². The molecule has 0 bridgehead atoms. The molecule has 88 valence electrons. The molecule has 0 saturated carbocycles. The summed E-state index contributed by atoms with van der Waals surface area (Å²) in [5.41, 5.74) is 2.01. The van der Waals surface area contributed by atoms with E-state index in [0.717, 1.165) is 17.7 Å². The maximum Gasteiger partial charge on any atom is 0.119 e. The second kappa shape index (κ2) is 4.00. The molecule has 2 heteroatoms. The fourth-order valence-corrected chi connectivity index (χ4v) is 2.48. The molecule has 1 aliphatic heterocycles. The van der Waals surface area contributed by atoms with Crippen molar-refractivity contribution < 1.29 is 11.6 Å². The largest absolute Gasteiger partial charge is 0.494 e. The Labute approximate surface area is 105 Å². The van der Waals surface area contributed by atoms with Crippen LogP contribution in [0.15, 0.2) is 18.2 Å². The third-order valence-electron chi connectivity index (χ3n) is 3.01. The first-order valence-corrected chi connectivity index (χ1v) is 5.52. The zero-order valence-electron chi connectivity index (χ0n) is 14.9. The summed E-state index contributed by atoms with van der Waals surface area (Å²) in [5.74, 6) is 0.529. The second-order valence-corrected chi connectivity index (χ2v) is 5.07. The second-order valence-electron chi connectivity index (χ2n) is 5.07. The van der Waals surface area contributed by atoms with Crippen molar-refractivity contribution in [2.24, 2.45) is 0 Å². The topological polar surface area (TPSA) is 21.3 Å². The first kappa shape index (κ1) is 6.53. The van der Waals surface area contributed by atoms with Crippen LogP contribution in [0.5, 0.6) is 5.75 Å². The van der Waals surface area contributed by atoms with Crippen molar-refractivity contribution in [3.05, 3.63) is 23.8 Å². The summed E-state index contributed by atoms with van der Waals surface area (Å²) in [6.07, 6.45) is 0.940. The van der Waals surface area contributed by atoms with Crippen molar-refractivity contribution in [1.29, 1.82) is 0 Å². The highest BCUT2D eigenvalue weighted by Crippen LogP contribution is 2.39. The highest BCUT2D eigenvalue weighted by atomic mass is 16.5. The lowest BCUT2D eigenvalue weighted by Crippen LogP contribution is -2.36. The fourth-order valence-electron chi connectivity index (χ4n) is 2.48. The number of fused-ring (bicyclic) bond motifs is 1. The molecule has 0 radical (unpaired) electrons. The van der Waals surface area contributed by atoms with Crippen molar-refractivity contribution >= 4 is 5.69 Å². The molecule has 0 saturated heterocycles. The SMILES string of the molecule is [2H]C([2H])([2H])C([2H])([2H])Oc1ccc2c(c1)C(C)CC(C)(C)N2. The summed E-state index contributed by atoms with van der Waals surface area (Å²) in [6.45, 7) is 0.832. The van der Waals surface area contributed by atoms with E-state index in [1.165, 1.54) is 0 Å². The van der Waals surface area contributed by atoms with Gasteiger partial charge in [-0.1, -0.05) is 6.92 Å². The first-order chi connectivity index (χ1) is 9.41. The summed E-state index contributed by atoms with van der Waals surface area (Å²) in [6, 6.07) is 5.15. The Morgan fingerprint density at radius 3 is 3.19 bits per heavy atom. The molecule has 1 unspecified atom stereocenters. The quantitative estimate of drug-likeness (QED) is 0.825. The minimum absolute atomic E-state index is 0.00207. The highest BCUT2D eigenvalue weighted by Gasteiger charge is 2.29. The van der Waals surface area contributed by atoms with Gasteiger partial charge in [0.15, 0.2) is 0 Å². The molecule has 2 nitrogen and oxygen atoms in total. The van der Waals surface area contributed by atoms with Crippen molar-refractivity contribution in [2.75, 3.05) is 11.9 Å². The lowest BCUT2D eigenvalue weighted by Gasteiger charge is -2.37. The van der Waals surface area contributed by atoms with Gasteiger partial charge in [-0.2, -0.15) is 0 Å². The number of hydrogen-bond donors (Lipinski definition) is 1. The van der Waals surface area contributed by atoms with Gasteiger partial charge >= 0.3 is 0 Å². The average Bonchev–Trinajstić information content (AvgIpc) is 2.26. The average molecular weight is 224 g/mol. The maximum atomic E-state index is 7.53. The van der Waals surface area contributed by atoms with Gasteiger partial charge in [-0.05, 0) is 56.8 Å². The molecule has 1 N–H and O–H groups in total. The summed E-state index contributed by atoms with van der Waals surface area (Å²) < 4.78 is 41.7. The molecule has 16 heavy (non-hydrogen) atoms. The van der Waals surface area contributed by atoms with Gasteiger partial charge in [0.25, 0.3) is 0 Å². The van der Waals surface area contributed by atoms with Crippen LogP contribution in [0.1, 0.15) is 52.4 Å². The minimum atomic E-state index is -2.82. The molecule has 1 aromatic carbocycles. The van der Waals surface area contributed by atoms with E-state index in [1.54, 1.807) is 12.1 Å². The lowest BCUT2D eigenvalue weighted by atomic mass is 9.82. The molecule has 1 aliphatic rings. The maximum absolute atomic E-state index is 7.53. The monoisotopic (exact) mass is 224 g/mol. The predicted octanol–water partition coefficient (Wildman–Crippen LogP) is 3.78. The van der Waals surface area contributed by atoms with E-state index >= 15 is 0 Å². The number of rotatable bonds is 2. The van der Waals surface area contributed by atoms with Crippen LogP contribution in [0.4, 0.5) is 5.69 Å². The Morgan fingerprint density at radius 2 is 2.44 bits per heavy atom. The molecule has 0 aliphatic carbocycles. The Bertz CT molecular complexity index is 539. The van der Waals surface area contributed by atoms with Crippen LogP contribution in [0.25, 0.3) is 0 Å². The van der Waals surface area contributed by atoms with Crippen LogP contribution in [-0.2, 0) is 0 Å². The van der Waals surface area contributed by atoms with E-state index in [2.05, 4.69) is 26.1 Å². The first-order valence-electron chi connectivity index (χ1n) is 8.02. The molecule has 1 aromatic rings. The van der Waals surface area contributed by atoms with E-state index < -0.39 is 13.4 Å². The Kier molecular flexibility index (Phi) is 1.63. The Morgan fingerprint density at radius 1 is 1.62 bits per heavy atom. The molecular weight excluding hydrogens is 198 g/mol. The van der Waals surface area contributed by atoms with E-state index in [1.807, 2.05) is 6.07 Å². The predicted molar refractivity (Wildman–Crippen MR) is 68.3 cm³/mol. The van der Waals surface area contributed by atoms with Gasteiger partial charge in [0, 0.05) is 15.3 Å². The van der Waals surface area contributed by atoms with Crippen molar-refractivity contribution in [2.45, 2.75) is 45.5 Å². The number of hydrogen-bond acceptors (Lipinski definition) is 2. The molecule has 0 fully saturated rings. The molecule has 0 spiro atoms. The van der Waals surface area contributed by atoms with Crippen LogP contribution < -0.4 is 10.1 Å². The smallest absolute Gasteiger partial charge is 0.119 e. The zero-order valence-corrected chi connectivity index (χ0v) is 9.92. The number of benzene rings is 1. The van der Waals surface area contributed by atoms with Gasteiger partial charge in [0.1, 0.15) is 5.75 Å². The van der Waals surface area contributed by atoms with E-state index in [9.17, 15) is 0 Å². The van der Waals surface area contributed by atoms with Gasteiger partial charge in [0.05, 0.1) is 9.30 Å². The number of nitrogens with one attached hydrogen (secondary N) is 1. The lowest BCUT2D eigenvalue weighted by molar-refractivity contribution is 0.339. The summed E-state index contributed by atoms with van der Waals surface area (Å²) >= 11 is 0. The molecular formula is C14H21NO. The summed E-state index contributed by atoms with van der Waals surface area (Å²) in [4.78, 5) is 0. The minimum Gasteiger partial charge on any atom is -0.494 e. The van der Waals surface area contributed by atoms with Gasteiger partial charge in [0.2, 0.25) is 0 Å². The molecule has 1 atom stereocenters. The van der Waals surface area contributed by atoms with Crippen LogP contribution in [0.3, 0.4) is 0 Å². The third-order valence-corrected chi connectivity index (χ3v) is 3.01. The molecule has 2 rings (SSSR count). The number of anilines is 1. The number of ether oxygens (including phenoxy) is 1. The Hall–Kier alpha value is -1.18. The van der Waals surface area contributed by atoms with E-state index in [0.29, 0.717) is 5.92 Å². The van der Waals surface area contributed by atoms with Crippen LogP contribution >= 0.6 is 0 Å². The van der Waals surface area contributed by atoms with Gasteiger partial charge in [-0.25, -0.2) is 0 Å². The molecule has 0 aromatic heterocycles. The summed E-state index contributed by atoms with van der Waals surface area (Å²) in [7, 11) is 0. The Balaban J connectivity index is 2.29. The van der Waals surface area contributed by atoms with Gasteiger partial charge in [-0.3, -0.25) is 0 Å². The van der Waals surface area contributed by atoms with Gasteiger partial charge in [-0.15, -0.1) is 0 Å². The summed E-state index contributed by atoms with van der Waals surface area (Å²) in [5, 5.41) is 3.43. The fraction of sp³-hybridized carbons (Fsp3) is 0.571. The zero-order chi connectivity index (χ0) is 16.1. The van der Waals surface area contributed by atoms with Crippen molar-refractivity contribution in [3.8, 4) is 5.75 Å². The van der Waals surface area contributed by atoms with E-state index in [4.69, 9.17) is 11.6 Å².